The zero-order chi connectivity index (χ0) is 23.8. The standard InChI is InChI=1S/C25H23N3O5S/c1-14-21(22(29)28-12-6-11-20(28)23(30)31)34-24(26-14)27-25(32)33-13-19-17-9-4-2-7-15(17)16-8-3-5-10-18(16)19/h2-5,7-10,19-20H,6,11-13H2,1H3,(H,30,31)(H,26,27,32)/t20-/m0/s1. The highest BCUT2D eigenvalue weighted by Gasteiger charge is 2.36. The van der Waals surface area contributed by atoms with Crippen LogP contribution >= 0.6 is 11.3 Å². The van der Waals surface area contributed by atoms with E-state index in [9.17, 15) is 19.5 Å². The number of anilines is 1. The van der Waals surface area contributed by atoms with Gasteiger partial charge in [0.15, 0.2) is 5.13 Å². The first-order valence-corrected chi connectivity index (χ1v) is 11.9. The third-order valence-electron chi connectivity index (χ3n) is 6.34. The van der Waals surface area contributed by atoms with Gasteiger partial charge in [0.05, 0.1) is 5.69 Å². The fraction of sp³-hybridized carbons (Fsp3) is 0.280. The summed E-state index contributed by atoms with van der Waals surface area (Å²) < 4.78 is 5.55. The molecular weight excluding hydrogens is 454 g/mol. The molecule has 1 fully saturated rings. The molecule has 2 amide bonds. The van der Waals surface area contributed by atoms with Crippen molar-refractivity contribution >= 4 is 34.4 Å². The first-order valence-electron chi connectivity index (χ1n) is 11.1. The second-order valence-corrected chi connectivity index (χ2v) is 9.38. The normalized spacial score (nSPS) is 16.7. The lowest BCUT2D eigenvalue weighted by atomic mass is 9.98. The van der Waals surface area contributed by atoms with Gasteiger partial charge in [0.25, 0.3) is 5.91 Å². The van der Waals surface area contributed by atoms with E-state index in [0.29, 0.717) is 30.0 Å². The van der Waals surface area contributed by atoms with Crippen LogP contribution in [-0.4, -0.2) is 52.2 Å². The SMILES string of the molecule is Cc1nc(NC(=O)OCC2c3ccccc3-c3ccccc32)sc1C(=O)N1CCC[C@H]1C(=O)O. The molecule has 2 aromatic carbocycles. The number of aromatic nitrogens is 1. The molecule has 1 aliphatic heterocycles. The third kappa shape index (κ3) is 3.92. The summed E-state index contributed by atoms with van der Waals surface area (Å²) >= 11 is 1.02. The lowest BCUT2D eigenvalue weighted by Crippen LogP contribution is -2.40. The number of carbonyl (C=O) groups excluding carboxylic acids is 2. The number of carbonyl (C=O) groups is 3. The van der Waals surface area contributed by atoms with Gasteiger partial charge in [-0.15, -0.1) is 0 Å². The number of amides is 2. The summed E-state index contributed by atoms with van der Waals surface area (Å²) in [5.74, 6) is -1.44. The van der Waals surface area contributed by atoms with Gasteiger partial charge in [-0.25, -0.2) is 14.6 Å². The zero-order valence-corrected chi connectivity index (χ0v) is 19.3. The Kier molecular flexibility index (Phi) is 5.79. The molecule has 0 radical (unpaired) electrons. The minimum atomic E-state index is -1.01. The van der Waals surface area contributed by atoms with Gasteiger partial charge >= 0.3 is 12.1 Å². The number of aliphatic carboxylic acids is 1. The van der Waals surface area contributed by atoms with Crippen LogP contribution in [0, 0.1) is 6.92 Å². The molecule has 174 valence electrons. The fourth-order valence-corrected chi connectivity index (χ4v) is 5.68. The average molecular weight is 478 g/mol. The van der Waals surface area contributed by atoms with E-state index in [1.54, 1.807) is 6.92 Å². The molecule has 9 heteroatoms. The van der Waals surface area contributed by atoms with Crippen molar-refractivity contribution in [2.45, 2.75) is 31.7 Å². The van der Waals surface area contributed by atoms with E-state index in [0.717, 1.165) is 33.6 Å². The van der Waals surface area contributed by atoms with Gasteiger partial charge in [-0.05, 0) is 42.0 Å². The fourth-order valence-electron chi connectivity index (χ4n) is 4.77. The van der Waals surface area contributed by atoms with Crippen LogP contribution in [0.2, 0.25) is 0 Å². The lowest BCUT2D eigenvalue weighted by Gasteiger charge is -2.20. The van der Waals surface area contributed by atoms with Gasteiger partial charge in [-0.1, -0.05) is 59.9 Å². The van der Waals surface area contributed by atoms with Crippen molar-refractivity contribution in [3.05, 3.63) is 70.2 Å². The van der Waals surface area contributed by atoms with Crippen LogP contribution in [0.5, 0.6) is 0 Å². The van der Waals surface area contributed by atoms with Crippen LogP contribution in [-0.2, 0) is 9.53 Å². The first-order chi connectivity index (χ1) is 16.4. The topological polar surface area (TPSA) is 109 Å². The van der Waals surface area contributed by atoms with Crippen LogP contribution in [0.1, 0.15) is 45.3 Å². The van der Waals surface area contributed by atoms with Gasteiger partial charge in [0, 0.05) is 12.5 Å². The van der Waals surface area contributed by atoms with Crippen LogP contribution < -0.4 is 5.32 Å². The molecule has 1 aliphatic carbocycles. The number of hydrogen-bond acceptors (Lipinski definition) is 6. The Labute approximate surface area is 200 Å². The maximum atomic E-state index is 12.9. The van der Waals surface area contributed by atoms with Crippen LogP contribution in [0.25, 0.3) is 11.1 Å². The maximum absolute atomic E-state index is 12.9. The summed E-state index contributed by atoms with van der Waals surface area (Å²) in [4.78, 5) is 42.8. The van der Waals surface area contributed by atoms with Crippen molar-refractivity contribution in [3.63, 3.8) is 0 Å². The Hall–Kier alpha value is -3.72. The van der Waals surface area contributed by atoms with E-state index in [4.69, 9.17) is 4.74 Å². The molecule has 8 nitrogen and oxygen atoms in total. The highest BCUT2D eigenvalue weighted by atomic mass is 32.1. The van der Waals surface area contributed by atoms with Crippen molar-refractivity contribution in [3.8, 4) is 11.1 Å². The number of carboxylic acids is 1. The Bertz CT molecular complexity index is 1240. The number of fused-ring (bicyclic) bond motifs is 3. The number of rotatable bonds is 5. The molecule has 34 heavy (non-hydrogen) atoms. The Balaban J connectivity index is 1.26. The number of ether oxygens (including phenoxy) is 1. The largest absolute Gasteiger partial charge is 0.480 e. The number of benzene rings is 2. The Morgan fingerprint density at radius 1 is 1.12 bits per heavy atom. The van der Waals surface area contributed by atoms with Crippen molar-refractivity contribution in [2.24, 2.45) is 0 Å². The summed E-state index contributed by atoms with van der Waals surface area (Å²) in [5, 5.41) is 12.2. The van der Waals surface area contributed by atoms with Crippen molar-refractivity contribution in [2.75, 3.05) is 18.5 Å². The van der Waals surface area contributed by atoms with E-state index < -0.39 is 18.1 Å². The maximum Gasteiger partial charge on any atom is 0.413 e. The van der Waals surface area contributed by atoms with Gasteiger partial charge < -0.3 is 14.7 Å². The van der Waals surface area contributed by atoms with Crippen LogP contribution in [0.4, 0.5) is 9.93 Å². The average Bonchev–Trinajstić information content (AvgIpc) is 3.53. The van der Waals surface area contributed by atoms with E-state index in [2.05, 4.69) is 22.4 Å². The molecule has 2 N–H and O–H groups in total. The predicted molar refractivity (Wildman–Crippen MR) is 127 cm³/mol. The minimum Gasteiger partial charge on any atom is -0.480 e. The predicted octanol–water partition coefficient (Wildman–Crippen LogP) is 4.50. The van der Waals surface area contributed by atoms with Gasteiger partial charge in [0.1, 0.15) is 17.5 Å². The molecule has 2 heterocycles. The summed E-state index contributed by atoms with van der Waals surface area (Å²) in [5.41, 5.74) is 4.97. The van der Waals surface area contributed by atoms with E-state index in [1.807, 2.05) is 36.4 Å². The second kappa shape index (κ2) is 8.90. The lowest BCUT2D eigenvalue weighted by molar-refractivity contribution is -0.141. The number of carboxylic acid groups (broad SMARTS) is 1. The Morgan fingerprint density at radius 2 is 1.76 bits per heavy atom. The molecule has 0 unspecified atom stereocenters. The molecule has 0 spiro atoms. The number of thiazole rings is 1. The minimum absolute atomic E-state index is 0.0589. The molecule has 1 atom stereocenters. The second-order valence-electron chi connectivity index (χ2n) is 8.38. The molecule has 1 aromatic heterocycles. The smallest absolute Gasteiger partial charge is 0.413 e. The van der Waals surface area contributed by atoms with Gasteiger partial charge in [-0.3, -0.25) is 10.1 Å². The van der Waals surface area contributed by atoms with E-state index in [1.165, 1.54) is 4.90 Å². The van der Waals surface area contributed by atoms with Crippen molar-refractivity contribution < 1.29 is 24.2 Å². The summed E-state index contributed by atoms with van der Waals surface area (Å²) in [6.45, 7) is 2.23. The molecule has 0 saturated carbocycles. The number of hydrogen-bond donors (Lipinski definition) is 2. The summed E-state index contributed by atoms with van der Waals surface area (Å²) in [6.07, 6.45) is 0.425. The molecule has 3 aromatic rings. The van der Waals surface area contributed by atoms with Crippen LogP contribution in [0.15, 0.2) is 48.5 Å². The van der Waals surface area contributed by atoms with E-state index in [-0.39, 0.29) is 23.6 Å². The van der Waals surface area contributed by atoms with Crippen LogP contribution in [0.3, 0.4) is 0 Å². The number of aryl methyl sites for hydroxylation is 1. The molecule has 5 rings (SSSR count). The number of likely N-dealkylation sites (tertiary alicyclic amines) is 1. The number of nitrogens with zero attached hydrogens (tertiary/aromatic N) is 2. The summed E-state index contributed by atoms with van der Waals surface area (Å²) in [7, 11) is 0. The third-order valence-corrected chi connectivity index (χ3v) is 7.40. The Morgan fingerprint density at radius 3 is 2.41 bits per heavy atom. The zero-order valence-electron chi connectivity index (χ0n) is 18.5. The van der Waals surface area contributed by atoms with Gasteiger partial charge in [0.2, 0.25) is 0 Å². The van der Waals surface area contributed by atoms with Crippen molar-refractivity contribution in [1.29, 1.82) is 0 Å². The highest BCUT2D eigenvalue weighted by Crippen LogP contribution is 2.44. The number of nitrogens with one attached hydrogen (secondary N) is 1. The van der Waals surface area contributed by atoms with Crippen molar-refractivity contribution in [1.82, 2.24) is 9.88 Å². The van der Waals surface area contributed by atoms with Gasteiger partial charge in [-0.2, -0.15) is 0 Å². The monoisotopic (exact) mass is 477 g/mol. The molecule has 2 aliphatic rings. The highest BCUT2D eigenvalue weighted by molar-refractivity contribution is 7.17. The first kappa shape index (κ1) is 22.1. The quantitative estimate of drug-likeness (QED) is 0.560. The van der Waals surface area contributed by atoms with E-state index >= 15 is 0 Å². The molecule has 0 bridgehead atoms. The molecular formula is C25H23N3O5S. The summed E-state index contributed by atoms with van der Waals surface area (Å²) in [6, 6.07) is 15.4. The molecule has 1 saturated heterocycles.